The zero-order valence-electron chi connectivity index (χ0n) is 20.7. The van der Waals surface area contributed by atoms with Gasteiger partial charge in [0, 0.05) is 18.5 Å². The van der Waals surface area contributed by atoms with Crippen molar-refractivity contribution in [3.63, 3.8) is 0 Å². The lowest BCUT2D eigenvalue weighted by Crippen LogP contribution is -3.11. The van der Waals surface area contributed by atoms with E-state index in [0.29, 0.717) is 35.8 Å². The van der Waals surface area contributed by atoms with Crippen molar-refractivity contribution in [1.29, 1.82) is 0 Å². The minimum atomic E-state index is -0.774. The molecule has 0 spiro atoms. The Balaban J connectivity index is 2.04. The Bertz CT molecular complexity index is 1070. The summed E-state index contributed by atoms with van der Waals surface area (Å²) >= 11 is 0. The van der Waals surface area contributed by atoms with Crippen LogP contribution in [0.1, 0.15) is 37.4 Å². The van der Waals surface area contributed by atoms with Gasteiger partial charge in [0.25, 0.3) is 5.91 Å². The number of nitrogens with one attached hydrogen (secondary N) is 1. The van der Waals surface area contributed by atoms with Crippen LogP contribution in [0.15, 0.2) is 66.8 Å². The van der Waals surface area contributed by atoms with Crippen LogP contribution in [0, 0.1) is 0 Å². The molecule has 0 aliphatic carbocycles. The number of methoxy groups -OCH3 is 1. The van der Waals surface area contributed by atoms with E-state index in [9.17, 15) is 14.7 Å². The molecule has 2 aromatic rings. The lowest BCUT2D eigenvalue weighted by molar-refractivity contribution is -0.896. The van der Waals surface area contributed by atoms with Crippen LogP contribution >= 0.6 is 0 Å². The minimum absolute atomic E-state index is 0.0313. The molecule has 0 saturated carbocycles. The number of hydrogen-bond acceptors (Lipinski definition) is 5. The number of likely N-dealkylation sites (tertiary alicyclic amines) is 1. The van der Waals surface area contributed by atoms with E-state index < -0.39 is 23.5 Å². The molecule has 1 N–H and O–H groups in total. The number of nitrogens with zero attached hydrogens (tertiary/aromatic N) is 1. The van der Waals surface area contributed by atoms with E-state index in [-0.39, 0.29) is 5.57 Å². The van der Waals surface area contributed by atoms with Gasteiger partial charge in [0.2, 0.25) is 5.78 Å². The summed E-state index contributed by atoms with van der Waals surface area (Å²) in [4.78, 5) is 29.3. The highest BCUT2D eigenvalue weighted by molar-refractivity contribution is 6.46. The lowest BCUT2D eigenvalue weighted by atomic mass is 9.95. The molecule has 0 bridgehead atoms. The molecule has 1 aliphatic rings. The van der Waals surface area contributed by atoms with Gasteiger partial charge in [-0.1, -0.05) is 42.7 Å². The molecular weight excluding hydrogens is 444 g/mol. The number of hydrogen-bond donors (Lipinski definition) is 1. The molecule has 7 heteroatoms. The summed E-state index contributed by atoms with van der Waals surface area (Å²) in [5, 5.41) is 13.5. The maximum atomic E-state index is 13.5. The Hall–Kier alpha value is -3.58. The van der Waals surface area contributed by atoms with Crippen molar-refractivity contribution >= 4 is 17.4 Å². The Morgan fingerprint density at radius 2 is 1.83 bits per heavy atom. The number of ketones is 1. The predicted molar refractivity (Wildman–Crippen MR) is 133 cm³/mol. The van der Waals surface area contributed by atoms with E-state index in [0.717, 1.165) is 26.1 Å². The predicted octanol–water partition coefficient (Wildman–Crippen LogP) is 1.80. The standard InChI is InChI=1S/C28H34N2O5/c1-5-18-35-23-11-8-10-21(19-23)25-24(26(31)20-12-14-22(34-4)15-13-20)27(32)28(33)30(25)17-9-16-29(6-2)7-3/h5,8,10-15,19,25,31H,1,6-7,9,16-18H2,2-4H3/b26-24+. The first-order chi connectivity index (χ1) is 16.9. The summed E-state index contributed by atoms with van der Waals surface area (Å²) in [5.74, 6) is -0.657. The van der Waals surface area contributed by atoms with Gasteiger partial charge in [-0.05, 0) is 49.2 Å². The lowest BCUT2D eigenvalue weighted by Gasteiger charge is -2.28. The van der Waals surface area contributed by atoms with Crippen molar-refractivity contribution < 1.29 is 29.1 Å². The first-order valence-corrected chi connectivity index (χ1v) is 12.0. The van der Waals surface area contributed by atoms with E-state index >= 15 is 0 Å². The quantitative estimate of drug-likeness (QED) is 0.218. The van der Waals surface area contributed by atoms with Gasteiger partial charge in [0.1, 0.15) is 18.1 Å². The molecule has 1 aliphatic heterocycles. The number of rotatable bonds is 12. The van der Waals surface area contributed by atoms with E-state index in [1.807, 2.05) is 6.07 Å². The van der Waals surface area contributed by atoms with Gasteiger partial charge < -0.3 is 24.4 Å². The fourth-order valence-corrected chi connectivity index (χ4v) is 4.38. The van der Waals surface area contributed by atoms with Crippen LogP contribution in [0.25, 0.3) is 5.76 Å². The topological polar surface area (TPSA) is 83.3 Å². The van der Waals surface area contributed by atoms with E-state index in [2.05, 4.69) is 20.4 Å². The summed E-state index contributed by atoms with van der Waals surface area (Å²) < 4.78 is 10.9. The van der Waals surface area contributed by atoms with Crippen molar-refractivity contribution in [2.45, 2.75) is 26.3 Å². The average molecular weight is 479 g/mol. The Morgan fingerprint density at radius 3 is 2.46 bits per heavy atom. The second-order valence-electron chi connectivity index (χ2n) is 8.43. The third-order valence-electron chi connectivity index (χ3n) is 6.35. The van der Waals surface area contributed by atoms with Crippen LogP contribution in [-0.4, -0.2) is 56.5 Å². The van der Waals surface area contributed by atoms with Gasteiger partial charge >= 0.3 is 0 Å². The Morgan fingerprint density at radius 1 is 1.11 bits per heavy atom. The van der Waals surface area contributed by atoms with Gasteiger partial charge in [-0.2, -0.15) is 0 Å². The second-order valence-corrected chi connectivity index (χ2v) is 8.43. The molecule has 1 unspecified atom stereocenters. The number of ether oxygens (including phenoxy) is 2. The molecule has 2 aromatic carbocycles. The zero-order chi connectivity index (χ0) is 25.4. The van der Waals surface area contributed by atoms with Gasteiger partial charge in [0.05, 0.1) is 32.8 Å². The van der Waals surface area contributed by atoms with Crippen molar-refractivity contribution in [3.05, 3.63) is 77.9 Å². The maximum absolute atomic E-state index is 13.5. The summed E-state index contributed by atoms with van der Waals surface area (Å²) in [6.45, 7) is 11.5. The van der Waals surface area contributed by atoms with Gasteiger partial charge in [-0.15, -0.1) is 0 Å². The van der Waals surface area contributed by atoms with Crippen molar-refractivity contribution in [3.8, 4) is 11.5 Å². The van der Waals surface area contributed by atoms with Gasteiger partial charge in [-0.3, -0.25) is 9.59 Å². The fourth-order valence-electron chi connectivity index (χ4n) is 4.38. The molecule has 1 saturated heterocycles. The third kappa shape index (κ3) is 5.92. The summed E-state index contributed by atoms with van der Waals surface area (Å²) in [7, 11) is 1.54. The molecule has 0 aromatic heterocycles. The fraction of sp³-hybridized carbons (Fsp3) is 0.357. The van der Waals surface area contributed by atoms with Crippen LogP contribution in [-0.2, 0) is 9.59 Å². The van der Waals surface area contributed by atoms with Crippen LogP contribution in [0.4, 0.5) is 0 Å². The van der Waals surface area contributed by atoms with E-state index in [1.165, 1.54) is 9.80 Å². The molecular formula is C28H34N2O5. The zero-order valence-corrected chi connectivity index (χ0v) is 20.7. The smallest absolute Gasteiger partial charge is 0.295 e. The molecule has 1 amide bonds. The maximum Gasteiger partial charge on any atom is 0.295 e. The molecule has 3 rings (SSSR count). The number of amides is 1. The van der Waals surface area contributed by atoms with E-state index in [4.69, 9.17) is 9.47 Å². The summed E-state index contributed by atoms with van der Waals surface area (Å²) in [6.07, 6.45) is 2.37. The van der Waals surface area contributed by atoms with Crippen LogP contribution in [0.2, 0.25) is 0 Å². The Kier molecular flexibility index (Phi) is 9.09. The molecule has 1 fully saturated rings. The SMILES string of the molecule is C=CCOc1cccc(C2/C(=C(\[O-])c3ccc(OC)cc3)C(=O)C(=O)N2CCC[NH+](CC)CC)c1. The largest absolute Gasteiger partial charge is 0.872 e. The van der Waals surface area contributed by atoms with Crippen LogP contribution in [0.5, 0.6) is 11.5 Å². The number of quaternary nitrogens is 1. The molecule has 186 valence electrons. The number of carbonyl (C=O) groups excluding carboxylic acids is 2. The minimum Gasteiger partial charge on any atom is -0.872 e. The highest BCUT2D eigenvalue weighted by Gasteiger charge is 2.44. The van der Waals surface area contributed by atoms with Gasteiger partial charge in [-0.25, -0.2) is 0 Å². The number of Topliss-reactive ketones (excluding diaryl/α,β-unsaturated/α-hetero) is 1. The van der Waals surface area contributed by atoms with Crippen molar-refractivity contribution in [2.24, 2.45) is 0 Å². The third-order valence-corrected chi connectivity index (χ3v) is 6.35. The molecule has 35 heavy (non-hydrogen) atoms. The molecule has 0 radical (unpaired) electrons. The monoisotopic (exact) mass is 478 g/mol. The first-order valence-electron chi connectivity index (χ1n) is 12.0. The highest BCUT2D eigenvalue weighted by Crippen LogP contribution is 2.39. The van der Waals surface area contributed by atoms with Crippen molar-refractivity contribution in [1.82, 2.24) is 4.90 Å². The van der Waals surface area contributed by atoms with Crippen molar-refractivity contribution in [2.75, 3.05) is 39.9 Å². The first kappa shape index (κ1) is 26.0. The van der Waals surface area contributed by atoms with E-state index in [1.54, 1.807) is 55.7 Å². The molecule has 1 atom stereocenters. The summed E-state index contributed by atoms with van der Waals surface area (Å²) in [6, 6.07) is 13.0. The van der Waals surface area contributed by atoms with Crippen LogP contribution in [0.3, 0.4) is 0 Å². The Labute approximate surface area is 207 Å². The number of benzene rings is 2. The summed E-state index contributed by atoms with van der Waals surface area (Å²) in [5.41, 5.74) is 0.967. The second kappa shape index (κ2) is 12.2. The average Bonchev–Trinajstić information content (AvgIpc) is 3.14. The normalized spacial score (nSPS) is 17.1. The highest BCUT2D eigenvalue weighted by atomic mass is 16.5. The molecule has 1 heterocycles. The van der Waals surface area contributed by atoms with Crippen LogP contribution < -0.4 is 19.5 Å². The molecule has 7 nitrogen and oxygen atoms in total. The van der Waals surface area contributed by atoms with Gasteiger partial charge in [0.15, 0.2) is 0 Å². The number of carbonyl (C=O) groups is 2.